The first-order chi connectivity index (χ1) is 12.0. The van der Waals surface area contributed by atoms with Crippen LogP contribution in [0.4, 0.5) is 5.69 Å². The van der Waals surface area contributed by atoms with Gasteiger partial charge in [-0.1, -0.05) is 29.8 Å². The molecule has 2 N–H and O–H groups in total. The van der Waals surface area contributed by atoms with Crippen LogP contribution in [-0.4, -0.2) is 33.8 Å². The number of anilines is 1. The predicted octanol–water partition coefficient (Wildman–Crippen LogP) is 2.51. The fourth-order valence-corrected chi connectivity index (χ4v) is 3.38. The minimum atomic E-state index is -1.99. The Morgan fingerprint density at radius 2 is 1.84 bits per heavy atom. The fourth-order valence-electron chi connectivity index (χ4n) is 3.01. The molecule has 1 aliphatic rings. The maximum absolute atomic E-state index is 12.6. The first kappa shape index (κ1) is 17.8. The molecule has 0 aliphatic carbocycles. The molecule has 1 heterocycles. The van der Waals surface area contributed by atoms with Gasteiger partial charge in [0.1, 0.15) is 0 Å². The lowest BCUT2D eigenvalue weighted by atomic mass is 10.1. The molecule has 0 bridgehead atoms. The third-order valence-corrected chi connectivity index (χ3v) is 5.16. The summed E-state index contributed by atoms with van der Waals surface area (Å²) in [5, 5.41) is 3.34. The van der Waals surface area contributed by atoms with Crippen LogP contribution in [0, 0.1) is 6.92 Å². The van der Waals surface area contributed by atoms with Crippen LogP contribution in [0.3, 0.4) is 0 Å². The normalized spacial score (nSPS) is 18.6. The van der Waals surface area contributed by atoms with Crippen LogP contribution in [0.1, 0.15) is 17.5 Å². The molecule has 0 radical (unpaired) electrons. The van der Waals surface area contributed by atoms with E-state index in [1.54, 1.807) is 29.2 Å². The zero-order valence-electron chi connectivity index (χ0n) is 14.1. The van der Waals surface area contributed by atoms with Gasteiger partial charge in [-0.15, -0.1) is 0 Å². The van der Waals surface area contributed by atoms with E-state index in [1.807, 2.05) is 0 Å². The first-order valence-electron chi connectivity index (χ1n) is 8.36. The zero-order valence-corrected chi connectivity index (χ0v) is 15.0. The van der Waals surface area contributed by atoms with Gasteiger partial charge in [0.25, 0.3) is 0 Å². The summed E-state index contributed by atoms with van der Waals surface area (Å²) in [5.74, 6) is 0.0572. The van der Waals surface area contributed by atoms with Crippen molar-refractivity contribution in [3.8, 4) is 0 Å². The maximum atomic E-state index is 12.6. The highest BCUT2D eigenvalue weighted by molar-refractivity contribution is 7.79. The van der Waals surface area contributed by atoms with Crippen LogP contribution in [-0.2, 0) is 22.3 Å². The molecule has 2 aromatic carbocycles. The topological polar surface area (TPSA) is 69.6 Å². The predicted molar refractivity (Wildman–Crippen MR) is 99.1 cm³/mol. The summed E-state index contributed by atoms with van der Waals surface area (Å²) in [6, 6.07) is 14.9. The molecule has 6 heteroatoms. The van der Waals surface area contributed by atoms with Crippen molar-refractivity contribution in [1.82, 2.24) is 5.32 Å². The number of nitrogens with one attached hydrogen (secondary N) is 1. The second kappa shape index (κ2) is 7.91. The molecule has 1 amide bonds. The van der Waals surface area contributed by atoms with Gasteiger partial charge in [-0.3, -0.25) is 4.79 Å². The molecule has 5 nitrogen and oxygen atoms in total. The molecule has 1 aliphatic heterocycles. The van der Waals surface area contributed by atoms with E-state index in [0.29, 0.717) is 11.4 Å². The highest BCUT2D eigenvalue weighted by atomic mass is 32.2. The quantitative estimate of drug-likeness (QED) is 0.779. The van der Waals surface area contributed by atoms with Gasteiger partial charge in [-0.2, -0.15) is 0 Å². The summed E-state index contributed by atoms with van der Waals surface area (Å²) in [7, 11) is 0. The molecule has 2 aromatic rings. The minimum Gasteiger partial charge on any atom is -0.311 e. The van der Waals surface area contributed by atoms with Crippen LogP contribution in [0.5, 0.6) is 0 Å². The number of hydrogen-bond acceptors (Lipinski definition) is 3. The lowest BCUT2D eigenvalue weighted by Crippen LogP contribution is -2.39. The van der Waals surface area contributed by atoms with E-state index < -0.39 is 11.1 Å². The lowest BCUT2D eigenvalue weighted by molar-refractivity contribution is -0.118. The van der Waals surface area contributed by atoms with Gasteiger partial charge < -0.3 is 14.8 Å². The van der Waals surface area contributed by atoms with Crippen molar-refractivity contribution in [2.75, 3.05) is 18.0 Å². The van der Waals surface area contributed by atoms with Gasteiger partial charge in [0.2, 0.25) is 5.91 Å². The van der Waals surface area contributed by atoms with Gasteiger partial charge in [0.05, 0.1) is 10.9 Å². The Morgan fingerprint density at radius 3 is 2.48 bits per heavy atom. The van der Waals surface area contributed by atoms with Gasteiger partial charge in [0, 0.05) is 12.2 Å². The van der Waals surface area contributed by atoms with Crippen LogP contribution in [0.25, 0.3) is 0 Å². The Labute approximate surface area is 150 Å². The Morgan fingerprint density at radius 1 is 1.16 bits per heavy atom. The molecule has 0 spiro atoms. The number of aryl methyl sites for hydroxylation is 1. The molecular formula is C19H22N2O3S. The number of carbonyl (C=O) groups is 1. The van der Waals surface area contributed by atoms with E-state index in [1.165, 1.54) is 11.1 Å². The number of amides is 1. The number of carbonyl (C=O) groups excluding carboxylic acids is 1. The number of benzene rings is 2. The molecule has 1 saturated heterocycles. The van der Waals surface area contributed by atoms with Gasteiger partial charge >= 0.3 is 0 Å². The minimum absolute atomic E-state index is 0.0572. The molecule has 3 rings (SSSR count). The lowest BCUT2D eigenvalue weighted by Gasteiger charge is -2.17. The largest absolute Gasteiger partial charge is 0.311 e. The summed E-state index contributed by atoms with van der Waals surface area (Å²) in [6.45, 7) is 3.48. The second-order valence-corrected chi connectivity index (χ2v) is 7.23. The highest BCUT2D eigenvalue weighted by Crippen LogP contribution is 2.22. The molecule has 132 valence electrons. The van der Waals surface area contributed by atoms with Crippen LogP contribution in [0.2, 0.25) is 0 Å². The second-order valence-electron chi connectivity index (χ2n) is 6.26. The Bertz CT molecular complexity index is 759. The van der Waals surface area contributed by atoms with Crippen molar-refractivity contribution in [2.24, 2.45) is 0 Å². The van der Waals surface area contributed by atoms with Crippen molar-refractivity contribution >= 4 is 22.7 Å². The third kappa shape index (κ3) is 4.34. The molecule has 25 heavy (non-hydrogen) atoms. The molecular weight excluding hydrogens is 336 g/mol. The highest BCUT2D eigenvalue weighted by Gasteiger charge is 2.31. The van der Waals surface area contributed by atoms with Crippen LogP contribution in [0.15, 0.2) is 53.4 Å². The summed E-state index contributed by atoms with van der Waals surface area (Å²) in [5.41, 5.74) is 3.27. The Hall–Kier alpha value is -2.02. The zero-order chi connectivity index (χ0) is 17.8. The summed E-state index contributed by atoms with van der Waals surface area (Å²) in [6.07, 6.45) is 1.65. The van der Waals surface area contributed by atoms with Crippen molar-refractivity contribution in [2.45, 2.75) is 30.7 Å². The van der Waals surface area contributed by atoms with Crippen LogP contribution >= 0.6 is 0 Å². The maximum Gasteiger partial charge on any atom is 0.244 e. The summed E-state index contributed by atoms with van der Waals surface area (Å²) >= 11 is -1.99. The molecule has 2 unspecified atom stereocenters. The van der Waals surface area contributed by atoms with Gasteiger partial charge in [-0.05, 0) is 56.1 Å². The third-order valence-electron chi connectivity index (χ3n) is 4.48. The Kier molecular flexibility index (Phi) is 5.63. The van der Waals surface area contributed by atoms with E-state index in [9.17, 15) is 9.00 Å². The van der Waals surface area contributed by atoms with E-state index in [4.69, 9.17) is 4.55 Å². The van der Waals surface area contributed by atoms with Gasteiger partial charge in [-0.25, -0.2) is 4.21 Å². The molecule has 2 atom stereocenters. The number of rotatable bonds is 6. The van der Waals surface area contributed by atoms with Crippen molar-refractivity contribution in [3.63, 3.8) is 0 Å². The molecule has 0 saturated carbocycles. The van der Waals surface area contributed by atoms with E-state index in [-0.39, 0.29) is 11.9 Å². The standard InChI is InChI=1S/C19H22N2O3S/c1-14-2-4-15(5-3-14)10-12-20-18-11-13-21(19(18)22)16-6-8-17(9-7-16)25(23)24/h2-9,18,20H,10-13H2,1H3,(H,23,24). The smallest absolute Gasteiger partial charge is 0.244 e. The monoisotopic (exact) mass is 358 g/mol. The van der Waals surface area contributed by atoms with Crippen LogP contribution < -0.4 is 10.2 Å². The van der Waals surface area contributed by atoms with E-state index in [2.05, 4.69) is 36.5 Å². The van der Waals surface area contributed by atoms with E-state index in [0.717, 1.165) is 25.1 Å². The number of nitrogens with zero attached hydrogens (tertiary/aromatic N) is 1. The summed E-state index contributed by atoms with van der Waals surface area (Å²) in [4.78, 5) is 14.6. The van der Waals surface area contributed by atoms with E-state index >= 15 is 0 Å². The molecule has 1 fully saturated rings. The van der Waals surface area contributed by atoms with Gasteiger partial charge in [0.15, 0.2) is 11.1 Å². The Balaban J connectivity index is 1.54. The van der Waals surface area contributed by atoms with Crippen molar-refractivity contribution in [1.29, 1.82) is 0 Å². The first-order valence-corrected chi connectivity index (χ1v) is 9.46. The SMILES string of the molecule is Cc1ccc(CCNC2CCN(c3ccc(S(=O)O)cc3)C2=O)cc1. The average Bonchev–Trinajstić information content (AvgIpc) is 2.97. The van der Waals surface area contributed by atoms with Crippen molar-refractivity contribution in [3.05, 3.63) is 59.7 Å². The van der Waals surface area contributed by atoms with Crippen molar-refractivity contribution < 1.29 is 13.6 Å². The fraction of sp³-hybridized carbons (Fsp3) is 0.316. The molecule has 0 aromatic heterocycles. The average molecular weight is 358 g/mol. The summed E-state index contributed by atoms with van der Waals surface area (Å²) < 4.78 is 20.1. The number of hydrogen-bond donors (Lipinski definition) is 2.